The SMILES string of the molecule is CC[C@H](OC)[C@@H](C)[C@@H]1C=C1[C@H](O)[C@@H](C)/C=C/C=C(\C)[C@@H]1O[C@@H](OC)[C@H](OC)C[C@H]1OCCO[C@@H]1O[C@@H](/C(C)=C/C=C/[C@H](C)[C@@H](O)[C@@H]2C[C@H]2[C@H](C)[C@H](CC)OC)[C@@H](OC)C[C@H]1OC. The van der Waals surface area contributed by atoms with Crippen molar-refractivity contribution >= 4 is 0 Å². The van der Waals surface area contributed by atoms with Crippen molar-refractivity contribution in [3.63, 3.8) is 0 Å². The number of hydrogen-bond acceptors (Lipinski definition) is 12. The number of ether oxygens (including phenoxy) is 10. The second-order valence-electron chi connectivity index (χ2n) is 18.2. The van der Waals surface area contributed by atoms with Crippen molar-refractivity contribution in [2.24, 2.45) is 41.4 Å². The van der Waals surface area contributed by atoms with E-state index in [1.807, 2.05) is 51.2 Å². The minimum atomic E-state index is -0.633. The molecule has 0 unspecified atom stereocenters. The molecule has 0 amide bonds. The molecule has 4 aliphatic rings. The normalized spacial score (nSPS) is 34.7. The summed E-state index contributed by atoms with van der Waals surface area (Å²) in [4.78, 5) is 0. The molecule has 62 heavy (non-hydrogen) atoms. The molecule has 4 rings (SSSR count). The fourth-order valence-corrected chi connectivity index (χ4v) is 9.90. The van der Waals surface area contributed by atoms with Crippen LogP contribution in [0.4, 0.5) is 0 Å². The van der Waals surface area contributed by atoms with Crippen molar-refractivity contribution < 1.29 is 57.6 Å². The molecule has 356 valence electrons. The summed E-state index contributed by atoms with van der Waals surface area (Å²) >= 11 is 0. The summed E-state index contributed by atoms with van der Waals surface area (Å²) in [6, 6.07) is 0. The first-order valence-electron chi connectivity index (χ1n) is 23.2. The van der Waals surface area contributed by atoms with Crippen LogP contribution in [0.3, 0.4) is 0 Å². The Bertz CT molecular complexity index is 1470. The predicted molar refractivity (Wildman–Crippen MR) is 241 cm³/mol. The van der Waals surface area contributed by atoms with Gasteiger partial charge in [-0.2, -0.15) is 0 Å². The van der Waals surface area contributed by atoms with Crippen LogP contribution >= 0.6 is 0 Å². The number of rotatable bonds is 27. The fraction of sp³-hybridized carbons (Fsp3) is 0.800. The molecule has 2 aliphatic heterocycles. The number of methoxy groups -OCH3 is 6. The van der Waals surface area contributed by atoms with Crippen LogP contribution in [-0.2, 0) is 47.4 Å². The molecule has 0 bridgehead atoms. The highest BCUT2D eigenvalue weighted by Gasteiger charge is 2.48. The standard InChI is InChI=1S/C50H84O12/c1-15-39(53-9)33(7)35-25-37(35)45(51)29(3)19-17-21-31(5)47-41(55-11)27-44(57-13)50(62-47)60-24-23-59-42-28-43(56-12)49(58-14)61-48(42)32(6)22-18-20-30(4)46(52)38-26-36(38)34(8)40(16-2)54-10/h17-22,26,29-30,33-37,39-52H,15-16,23-25,27-28H2,1-14H3/b19-17+,20-18+,31-21+,32-22+/t29-,30-,33-,34-,35-,36-,37+,39-,40-,41-,42+,43+,44+,45+,46+,47-,48-,49+,50+/m0/s1. The third kappa shape index (κ3) is 13.9. The van der Waals surface area contributed by atoms with E-state index in [1.54, 1.807) is 42.7 Å². The van der Waals surface area contributed by atoms with Crippen molar-refractivity contribution in [2.75, 3.05) is 55.9 Å². The van der Waals surface area contributed by atoms with E-state index in [9.17, 15) is 10.2 Å². The lowest BCUT2D eigenvalue weighted by Crippen LogP contribution is -2.51. The van der Waals surface area contributed by atoms with E-state index >= 15 is 0 Å². The monoisotopic (exact) mass is 877 g/mol. The summed E-state index contributed by atoms with van der Waals surface area (Å²) in [5, 5.41) is 22.3. The average molecular weight is 877 g/mol. The lowest BCUT2D eigenvalue weighted by Gasteiger charge is -2.41. The lowest BCUT2D eigenvalue weighted by atomic mass is 9.90. The summed E-state index contributed by atoms with van der Waals surface area (Å²) < 4.78 is 60.2. The fourth-order valence-electron chi connectivity index (χ4n) is 9.90. The highest BCUT2D eigenvalue weighted by atomic mass is 16.7. The van der Waals surface area contributed by atoms with Crippen LogP contribution in [0.1, 0.15) is 87.5 Å². The Labute approximate surface area is 374 Å². The van der Waals surface area contributed by atoms with Gasteiger partial charge in [0.1, 0.15) is 24.4 Å². The van der Waals surface area contributed by atoms with Gasteiger partial charge in [0.25, 0.3) is 0 Å². The third-order valence-corrected chi connectivity index (χ3v) is 14.2. The summed E-state index contributed by atoms with van der Waals surface area (Å²) in [5.74, 6) is 1.79. The van der Waals surface area contributed by atoms with Crippen molar-refractivity contribution in [1.29, 1.82) is 0 Å². The summed E-state index contributed by atoms with van der Waals surface area (Å²) in [6.07, 6.45) is 14.9. The molecule has 3 fully saturated rings. The Kier molecular flexibility index (Phi) is 22.0. The molecule has 0 aromatic rings. The van der Waals surface area contributed by atoms with E-state index in [1.165, 1.54) is 0 Å². The molecule has 2 N–H and O–H groups in total. The zero-order valence-corrected chi connectivity index (χ0v) is 40.4. The summed E-state index contributed by atoms with van der Waals surface area (Å²) in [5.41, 5.74) is 3.06. The number of aliphatic hydroxyl groups excluding tert-OH is 2. The highest BCUT2D eigenvalue weighted by molar-refractivity contribution is 5.35. The van der Waals surface area contributed by atoms with Gasteiger partial charge in [-0.05, 0) is 73.5 Å². The molecule has 1 saturated carbocycles. The van der Waals surface area contributed by atoms with E-state index in [4.69, 9.17) is 47.4 Å². The minimum absolute atomic E-state index is 0.0125. The largest absolute Gasteiger partial charge is 0.392 e. The van der Waals surface area contributed by atoms with Gasteiger partial charge in [0, 0.05) is 73.3 Å². The van der Waals surface area contributed by atoms with Gasteiger partial charge in [0.2, 0.25) is 0 Å². The van der Waals surface area contributed by atoms with Gasteiger partial charge in [0.15, 0.2) is 12.6 Å². The van der Waals surface area contributed by atoms with E-state index in [2.05, 4.69) is 46.8 Å². The molecule has 0 aromatic carbocycles. The van der Waals surface area contributed by atoms with Gasteiger partial charge in [-0.3, -0.25) is 0 Å². The van der Waals surface area contributed by atoms with Gasteiger partial charge in [-0.15, -0.1) is 0 Å². The summed E-state index contributed by atoms with van der Waals surface area (Å²) in [7, 11) is 10.2. The van der Waals surface area contributed by atoms with Crippen LogP contribution in [0.2, 0.25) is 0 Å². The average Bonchev–Trinajstić information content (AvgIpc) is 4.23. The van der Waals surface area contributed by atoms with Crippen molar-refractivity contribution in [1.82, 2.24) is 0 Å². The third-order valence-electron chi connectivity index (χ3n) is 14.2. The smallest absolute Gasteiger partial charge is 0.184 e. The Balaban J connectivity index is 1.33. The minimum Gasteiger partial charge on any atom is -0.392 e. The molecule has 2 heterocycles. The topological polar surface area (TPSA) is 133 Å². The first-order valence-corrected chi connectivity index (χ1v) is 23.2. The van der Waals surface area contributed by atoms with E-state index in [0.29, 0.717) is 43.1 Å². The van der Waals surface area contributed by atoms with Crippen LogP contribution in [0.15, 0.2) is 59.3 Å². The van der Waals surface area contributed by atoms with Gasteiger partial charge < -0.3 is 57.6 Å². The van der Waals surface area contributed by atoms with Gasteiger partial charge >= 0.3 is 0 Å². The van der Waals surface area contributed by atoms with Gasteiger partial charge in [-0.25, -0.2) is 0 Å². The van der Waals surface area contributed by atoms with E-state index in [-0.39, 0.29) is 73.2 Å². The summed E-state index contributed by atoms with van der Waals surface area (Å²) in [6.45, 7) is 17.5. The van der Waals surface area contributed by atoms with Crippen molar-refractivity contribution in [3.05, 3.63) is 59.3 Å². The first-order chi connectivity index (χ1) is 29.7. The Hall–Kier alpha value is -1.78. The molecule has 0 spiro atoms. The number of allylic oxidation sites excluding steroid dienone is 5. The number of aliphatic hydroxyl groups is 2. The van der Waals surface area contributed by atoms with Crippen LogP contribution < -0.4 is 0 Å². The molecule has 19 atom stereocenters. The molecule has 12 heteroatoms. The zero-order valence-electron chi connectivity index (χ0n) is 40.4. The maximum Gasteiger partial charge on any atom is 0.184 e. The highest BCUT2D eigenvalue weighted by Crippen LogP contribution is 2.50. The van der Waals surface area contributed by atoms with Crippen LogP contribution in [0, 0.1) is 41.4 Å². The predicted octanol–water partition coefficient (Wildman–Crippen LogP) is 7.62. The van der Waals surface area contributed by atoms with Crippen molar-refractivity contribution in [3.8, 4) is 0 Å². The quantitative estimate of drug-likeness (QED) is 0.0478. The molecule has 0 radical (unpaired) electrons. The maximum atomic E-state index is 11.2. The number of hydrogen-bond donors (Lipinski definition) is 2. The van der Waals surface area contributed by atoms with Crippen molar-refractivity contribution in [2.45, 2.75) is 161 Å². The Morgan fingerprint density at radius 1 is 0.645 bits per heavy atom. The van der Waals surface area contributed by atoms with E-state index in [0.717, 1.165) is 36.0 Å². The van der Waals surface area contributed by atoms with Gasteiger partial charge in [-0.1, -0.05) is 84.1 Å². The molecule has 0 aromatic heterocycles. The zero-order chi connectivity index (χ0) is 45.7. The van der Waals surface area contributed by atoms with Crippen LogP contribution in [-0.4, -0.2) is 140 Å². The second kappa shape index (κ2) is 25.8. The van der Waals surface area contributed by atoms with Crippen LogP contribution in [0.25, 0.3) is 0 Å². The Morgan fingerprint density at radius 3 is 1.73 bits per heavy atom. The van der Waals surface area contributed by atoms with E-state index < -0.39 is 24.8 Å². The lowest BCUT2D eigenvalue weighted by molar-refractivity contribution is -0.276. The van der Waals surface area contributed by atoms with Crippen LogP contribution in [0.5, 0.6) is 0 Å². The molecule has 12 nitrogen and oxygen atoms in total. The molecule has 2 saturated heterocycles. The maximum absolute atomic E-state index is 11.2. The Morgan fingerprint density at radius 2 is 1.16 bits per heavy atom. The van der Waals surface area contributed by atoms with Gasteiger partial charge in [0.05, 0.1) is 49.8 Å². The molecular weight excluding hydrogens is 793 g/mol. The molecular formula is C50H84O12. The second-order valence-corrected chi connectivity index (χ2v) is 18.2. The first kappa shape index (κ1) is 52.8. The molecule has 2 aliphatic carbocycles.